The molecule has 18 heavy (non-hydrogen) atoms. The van der Waals surface area contributed by atoms with Gasteiger partial charge in [0.25, 0.3) is 0 Å². The molecule has 0 aliphatic rings. The number of benzene rings is 2. The first-order valence-corrected chi connectivity index (χ1v) is 6.03. The summed E-state index contributed by atoms with van der Waals surface area (Å²) in [5.74, 6) is 0. The Hall–Kier alpha value is -2.06. The van der Waals surface area contributed by atoms with Gasteiger partial charge in [-0.1, -0.05) is 48.5 Å². The molecule has 0 amide bonds. The topological polar surface area (TPSA) is 33.4 Å². The van der Waals surface area contributed by atoms with Crippen molar-refractivity contribution in [1.82, 2.24) is 0 Å². The van der Waals surface area contributed by atoms with Crippen LogP contribution in [0, 0.1) is 0 Å². The molecule has 3 aromatic rings. The lowest BCUT2D eigenvalue weighted by Crippen LogP contribution is -2.00. The molecule has 2 aromatic carbocycles. The Morgan fingerprint density at radius 2 is 1.67 bits per heavy atom. The summed E-state index contributed by atoms with van der Waals surface area (Å²) in [5, 5.41) is 11.3. The van der Waals surface area contributed by atoms with Crippen LogP contribution in [-0.4, -0.2) is 5.11 Å². The summed E-state index contributed by atoms with van der Waals surface area (Å²) in [5.41, 5.74) is 2.80. The molecule has 1 atom stereocenters. The van der Waals surface area contributed by atoms with Crippen molar-refractivity contribution in [2.45, 2.75) is 12.5 Å². The smallest absolute Gasteiger partial charge is 0.134 e. The van der Waals surface area contributed by atoms with Gasteiger partial charge in [-0.25, -0.2) is 0 Å². The molecule has 3 rings (SSSR count). The van der Waals surface area contributed by atoms with Crippen LogP contribution >= 0.6 is 0 Å². The number of aliphatic hydroxyl groups is 1. The van der Waals surface area contributed by atoms with Crippen molar-refractivity contribution >= 4 is 11.0 Å². The van der Waals surface area contributed by atoms with E-state index in [9.17, 15) is 5.11 Å². The fraction of sp³-hybridized carbons (Fsp3) is 0.125. The lowest BCUT2D eigenvalue weighted by molar-refractivity contribution is 0.179. The third-order valence-electron chi connectivity index (χ3n) is 3.14. The van der Waals surface area contributed by atoms with Crippen molar-refractivity contribution in [3.8, 4) is 0 Å². The van der Waals surface area contributed by atoms with E-state index in [1.807, 2.05) is 54.6 Å². The van der Waals surface area contributed by atoms with Crippen LogP contribution in [0.3, 0.4) is 0 Å². The largest absolute Gasteiger partial charge is 0.464 e. The molecule has 2 nitrogen and oxygen atoms in total. The zero-order valence-corrected chi connectivity index (χ0v) is 9.91. The Morgan fingerprint density at radius 1 is 0.944 bits per heavy atom. The highest BCUT2D eigenvalue weighted by Gasteiger charge is 2.14. The number of hydrogen-bond donors (Lipinski definition) is 1. The lowest BCUT2D eigenvalue weighted by atomic mass is 10.0. The highest BCUT2D eigenvalue weighted by atomic mass is 16.3. The third kappa shape index (κ3) is 2.03. The van der Waals surface area contributed by atoms with Gasteiger partial charge in [-0.15, -0.1) is 0 Å². The first kappa shape index (κ1) is 11.1. The Labute approximate surface area is 105 Å². The van der Waals surface area contributed by atoms with Crippen molar-refractivity contribution in [3.05, 3.63) is 72.0 Å². The molecule has 0 spiro atoms. The summed E-state index contributed by atoms with van der Waals surface area (Å²) in [6.07, 6.45) is 1.72. The lowest BCUT2D eigenvalue weighted by Gasteiger charge is -2.08. The Morgan fingerprint density at radius 3 is 2.50 bits per heavy atom. The van der Waals surface area contributed by atoms with Gasteiger partial charge in [0.1, 0.15) is 5.58 Å². The SMILES string of the molecule is OC(Cc1ccccc1)c1coc2ccccc12. The second kappa shape index (κ2) is 4.67. The molecule has 0 radical (unpaired) electrons. The van der Waals surface area contributed by atoms with E-state index >= 15 is 0 Å². The average Bonchev–Trinajstić information content (AvgIpc) is 2.84. The van der Waals surface area contributed by atoms with Crippen LogP contribution in [0.25, 0.3) is 11.0 Å². The normalized spacial score (nSPS) is 12.7. The van der Waals surface area contributed by atoms with Crippen molar-refractivity contribution < 1.29 is 9.52 Å². The molecule has 90 valence electrons. The second-order valence-electron chi connectivity index (χ2n) is 4.39. The summed E-state index contributed by atoms with van der Waals surface area (Å²) in [6, 6.07) is 17.7. The molecule has 0 saturated heterocycles. The van der Waals surface area contributed by atoms with Gasteiger partial charge >= 0.3 is 0 Å². The fourth-order valence-corrected chi connectivity index (χ4v) is 2.20. The molecule has 0 aliphatic heterocycles. The summed E-state index contributed by atoms with van der Waals surface area (Å²) in [7, 11) is 0. The summed E-state index contributed by atoms with van der Waals surface area (Å²) in [4.78, 5) is 0. The molecular formula is C16H14O2. The zero-order chi connectivity index (χ0) is 12.4. The van der Waals surface area contributed by atoms with Crippen molar-refractivity contribution in [1.29, 1.82) is 0 Å². The van der Waals surface area contributed by atoms with Crippen molar-refractivity contribution in [2.24, 2.45) is 0 Å². The van der Waals surface area contributed by atoms with E-state index in [1.54, 1.807) is 6.26 Å². The number of rotatable bonds is 3. The van der Waals surface area contributed by atoms with Crippen LogP contribution in [0.1, 0.15) is 17.2 Å². The van der Waals surface area contributed by atoms with Gasteiger partial charge in [-0.2, -0.15) is 0 Å². The molecule has 2 heteroatoms. The standard InChI is InChI=1S/C16H14O2/c17-15(10-12-6-2-1-3-7-12)14-11-18-16-9-5-4-8-13(14)16/h1-9,11,15,17H,10H2. The highest BCUT2D eigenvalue weighted by Crippen LogP contribution is 2.28. The van der Waals surface area contributed by atoms with Gasteiger partial charge in [0.2, 0.25) is 0 Å². The first-order chi connectivity index (χ1) is 8.84. The minimum atomic E-state index is -0.531. The quantitative estimate of drug-likeness (QED) is 0.754. The van der Waals surface area contributed by atoms with Gasteiger partial charge in [0, 0.05) is 17.4 Å². The predicted octanol–water partition coefficient (Wildman–Crippen LogP) is 3.71. The zero-order valence-electron chi connectivity index (χ0n) is 9.91. The highest BCUT2D eigenvalue weighted by molar-refractivity contribution is 5.81. The van der Waals surface area contributed by atoms with Crippen molar-refractivity contribution in [2.75, 3.05) is 0 Å². The molecule has 0 fully saturated rings. The van der Waals surface area contributed by atoms with E-state index in [1.165, 1.54) is 0 Å². The van der Waals surface area contributed by atoms with Gasteiger partial charge < -0.3 is 9.52 Å². The number of para-hydroxylation sites is 1. The maximum Gasteiger partial charge on any atom is 0.134 e. The van der Waals surface area contributed by atoms with Crippen LogP contribution in [-0.2, 0) is 6.42 Å². The van der Waals surface area contributed by atoms with Gasteiger partial charge in [-0.3, -0.25) is 0 Å². The van der Waals surface area contributed by atoms with Crippen molar-refractivity contribution in [3.63, 3.8) is 0 Å². The van der Waals surface area contributed by atoms with Crippen LogP contribution in [0.15, 0.2) is 65.3 Å². The van der Waals surface area contributed by atoms with Gasteiger partial charge in [0.05, 0.1) is 12.4 Å². The minimum Gasteiger partial charge on any atom is -0.464 e. The van der Waals surface area contributed by atoms with E-state index < -0.39 is 6.10 Å². The van der Waals surface area contributed by atoms with Crippen LogP contribution < -0.4 is 0 Å². The van der Waals surface area contributed by atoms with Crippen LogP contribution in [0.5, 0.6) is 0 Å². The Bertz CT molecular complexity index is 640. The third-order valence-corrected chi connectivity index (χ3v) is 3.14. The number of aliphatic hydroxyl groups excluding tert-OH is 1. The monoisotopic (exact) mass is 238 g/mol. The molecule has 1 N–H and O–H groups in total. The Kier molecular flexibility index (Phi) is 2.87. The maximum absolute atomic E-state index is 10.3. The van der Waals surface area contributed by atoms with Gasteiger partial charge in [0.15, 0.2) is 0 Å². The molecule has 1 heterocycles. The molecule has 0 saturated carbocycles. The summed E-state index contributed by atoms with van der Waals surface area (Å²) in [6.45, 7) is 0. The van der Waals surface area contributed by atoms with E-state index in [2.05, 4.69) is 0 Å². The first-order valence-electron chi connectivity index (χ1n) is 6.03. The van der Waals surface area contributed by atoms with Gasteiger partial charge in [-0.05, 0) is 11.6 Å². The second-order valence-corrected chi connectivity index (χ2v) is 4.39. The van der Waals surface area contributed by atoms with E-state index in [-0.39, 0.29) is 0 Å². The van der Waals surface area contributed by atoms with Crippen LogP contribution in [0.2, 0.25) is 0 Å². The average molecular weight is 238 g/mol. The van der Waals surface area contributed by atoms with E-state index in [0.29, 0.717) is 6.42 Å². The predicted molar refractivity (Wildman–Crippen MR) is 71.3 cm³/mol. The summed E-state index contributed by atoms with van der Waals surface area (Å²) < 4.78 is 5.45. The fourth-order valence-electron chi connectivity index (χ4n) is 2.20. The molecular weight excluding hydrogens is 224 g/mol. The maximum atomic E-state index is 10.3. The molecule has 1 unspecified atom stereocenters. The Balaban J connectivity index is 1.90. The number of fused-ring (bicyclic) bond motifs is 1. The summed E-state index contributed by atoms with van der Waals surface area (Å²) >= 11 is 0. The number of furan rings is 1. The van der Waals surface area contributed by atoms with E-state index in [0.717, 1.165) is 22.1 Å². The molecule has 0 bridgehead atoms. The van der Waals surface area contributed by atoms with E-state index in [4.69, 9.17) is 4.42 Å². The molecule has 0 aliphatic carbocycles. The number of hydrogen-bond acceptors (Lipinski definition) is 2. The minimum absolute atomic E-state index is 0.531. The van der Waals surface area contributed by atoms with Crippen LogP contribution in [0.4, 0.5) is 0 Å². The molecule has 1 aromatic heterocycles.